The van der Waals surface area contributed by atoms with E-state index in [9.17, 15) is 14.4 Å². The Kier molecular flexibility index (Phi) is 4.28. The molecule has 7 heteroatoms. The summed E-state index contributed by atoms with van der Waals surface area (Å²) < 4.78 is 5.00. The molecule has 0 unspecified atom stereocenters. The minimum atomic E-state index is -0.904. The maximum absolute atomic E-state index is 11.7. The Morgan fingerprint density at radius 2 is 2.11 bits per heavy atom. The van der Waals surface area contributed by atoms with Crippen molar-refractivity contribution >= 4 is 17.9 Å². The van der Waals surface area contributed by atoms with Crippen molar-refractivity contribution in [2.24, 2.45) is 0 Å². The molecule has 0 aliphatic carbocycles. The maximum atomic E-state index is 11.7. The minimum absolute atomic E-state index is 0.0514. The predicted octanol–water partition coefficient (Wildman–Crippen LogP) is -0.369. The van der Waals surface area contributed by atoms with Gasteiger partial charge in [0.25, 0.3) is 5.91 Å². The number of imide groups is 1. The molecule has 1 rings (SSSR count). The van der Waals surface area contributed by atoms with Crippen LogP contribution in [0, 0.1) is 0 Å². The number of nitrogens with zero attached hydrogens (tertiary/aromatic N) is 1. The Morgan fingerprint density at radius 3 is 2.61 bits per heavy atom. The fourth-order valence-electron chi connectivity index (χ4n) is 1.58. The van der Waals surface area contributed by atoms with Crippen molar-refractivity contribution in [1.82, 2.24) is 10.2 Å². The van der Waals surface area contributed by atoms with E-state index in [2.05, 4.69) is 5.32 Å². The fraction of sp³-hybridized carbons (Fsp3) is 0.727. The van der Waals surface area contributed by atoms with Crippen LogP contribution in [-0.2, 0) is 14.3 Å². The lowest BCUT2D eigenvalue weighted by Crippen LogP contribution is -2.44. The molecule has 1 aliphatic heterocycles. The molecule has 0 spiro atoms. The molecule has 0 aromatic rings. The van der Waals surface area contributed by atoms with Crippen molar-refractivity contribution in [2.75, 3.05) is 13.2 Å². The van der Waals surface area contributed by atoms with Crippen LogP contribution in [0.3, 0.4) is 0 Å². The molecule has 0 radical (unpaired) electrons. The van der Waals surface area contributed by atoms with Gasteiger partial charge in [0.2, 0.25) is 5.91 Å². The standard InChI is InChI=1S/C11H18N2O5/c1-11(2,3)18-10(17)12-7-6-8(15)13(4-5-14)9(7)16/h7,14H,4-6H2,1-3H3,(H,12,17)/t7-/m0/s1. The monoisotopic (exact) mass is 258 g/mol. The highest BCUT2D eigenvalue weighted by atomic mass is 16.6. The van der Waals surface area contributed by atoms with Crippen LogP contribution in [0.2, 0.25) is 0 Å². The number of hydrogen-bond acceptors (Lipinski definition) is 5. The molecule has 2 N–H and O–H groups in total. The Hall–Kier alpha value is -1.63. The van der Waals surface area contributed by atoms with Gasteiger partial charge >= 0.3 is 6.09 Å². The van der Waals surface area contributed by atoms with E-state index >= 15 is 0 Å². The Morgan fingerprint density at radius 1 is 1.50 bits per heavy atom. The van der Waals surface area contributed by atoms with Crippen molar-refractivity contribution in [3.05, 3.63) is 0 Å². The van der Waals surface area contributed by atoms with Gasteiger partial charge in [-0.25, -0.2) is 4.79 Å². The van der Waals surface area contributed by atoms with Gasteiger partial charge in [0.05, 0.1) is 19.6 Å². The second-order valence-corrected chi connectivity index (χ2v) is 5.01. The van der Waals surface area contributed by atoms with Crippen LogP contribution < -0.4 is 5.32 Å². The smallest absolute Gasteiger partial charge is 0.408 e. The molecule has 0 aromatic heterocycles. The third kappa shape index (κ3) is 3.69. The summed E-state index contributed by atoms with van der Waals surface area (Å²) in [5.41, 5.74) is -0.666. The van der Waals surface area contributed by atoms with Crippen LogP contribution in [0.1, 0.15) is 27.2 Å². The number of nitrogens with one attached hydrogen (secondary N) is 1. The average Bonchev–Trinajstić information content (AvgIpc) is 2.43. The molecular weight excluding hydrogens is 240 g/mol. The van der Waals surface area contributed by atoms with Crippen LogP contribution in [0.15, 0.2) is 0 Å². The molecule has 0 saturated carbocycles. The first-order valence-corrected chi connectivity index (χ1v) is 5.69. The molecule has 3 amide bonds. The zero-order valence-electron chi connectivity index (χ0n) is 10.7. The first-order valence-electron chi connectivity index (χ1n) is 5.69. The Labute approximate surface area is 105 Å². The first-order chi connectivity index (χ1) is 8.24. The van der Waals surface area contributed by atoms with Gasteiger partial charge in [-0.2, -0.15) is 0 Å². The van der Waals surface area contributed by atoms with Gasteiger partial charge in [0.1, 0.15) is 11.6 Å². The molecule has 1 saturated heterocycles. The molecular formula is C11H18N2O5. The number of rotatable bonds is 3. The molecule has 18 heavy (non-hydrogen) atoms. The van der Waals surface area contributed by atoms with Crippen molar-refractivity contribution in [1.29, 1.82) is 0 Å². The second kappa shape index (κ2) is 5.34. The lowest BCUT2D eigenvalue weighted by molar-refractivity contribution is -0.139. The van der Waals surface area contributed by atoms with Gasteiger partial charge in [-0.05, 0) is 20.8 Å². The van der Waals surface area contributed by atoms with Crippen LogP contribution in [0.4, 0.5) is 4.79 Å². The van der Waals surface area contributed by atoms with Crippen molar-refractivity contribution < 1.29 is 24.2 Å². The highest BCUT2D eigenvalue weighted by Crippen LogP contribution is 2.14. The number of carbonyl (C=O) groups is 3. The molecule has 0 bridgehead atoms. The summed E-state index contributed by atoms with van der Waals surface area (Å²) in [7, 11) is 0. The molecule has 7 nitrogen and oxygen atoms in total. The van der Waals surface area contributed by atoms with E-state index in [1.807, 2.05) is 0 Å². The first kappa shape index (κ1) is 14.4. The van der Waals surface area contributed by atoms with E-state index in [-0.39, 0.29) is 19.6 Å². The van der Waals surface area contributed by atoms with Crippen molar-refractivity contribution in [2.45, 2.75) is 38.8 Å². The SMILES string of the molecule is CC(C)(C)OC(=O)N[C@H]1CC(=O)N(CCO)C1=O. The second-order valence-electron chi connectivity index (χ2n) is 5.01. The topological polar surface area (TPSA) is 95.9 Å². The molecule has 102 valence electrons. The highest BCUT2D eigenvalue weighted by molar-refractivity contribution is 6.06. The minimum Gasteiger partial charge on any atom is -0.444 e. The molecule has 1 atom stereocenters. The van der Waals surface area contributed by atoms with E-state index in [0.29, 0.717) is 0 Å². The Balaban J connectivity index is 2.57. The zero-order chi connectivity index (χ0) is 13.9. The van der Waals surface area contributed by atoms with Gasteiger partial charge in [0, 0.05) is 0 Å². The van der Waals surface area contributed by atoms with Gasteiger partial charge in [-0.15, -0.1) is 0 Å². The predicted molar refractivity (Wildman–Crippen MR) is 61.6 cm³/mol. The largest absolute Gasteiger partial charge is 0.444 e. The van der Waals surface area contributed by atoms with Crippen LogP contribution in [0.25, 0.3) is 0 Å². The zero-order valence-corrected chi connectivity index (χ0v) is 10.7. The lowest BCUT2D eigenvalue weighted by Gasteiger charge is -2.21. The van der Waals surface area contributed by atoms with E-state index in [4.69, 9.17) is 9.84 Å². The van der Waals surface area contributed by atoms with Gasteiger partial charge in [0.15, 0.2) is 0 Å². The number of aliphatic hydroxyl groups is 1. The Bertz CT molecular complexity index is 361. The van der Waals surface area contributed by atoms with Gasteiger partial charge < -0.3 is 15.2 Å². The number of hydrogen-bond donors (Lipinski definition) is 2. The third-order valence-corrected chi connectivity index (χ3v) is 2.26. The number of likely N-dealkylation sites (tertiary alicyclic amines) is 1. The van der Waals surface area contributed by atoms with Crippen LogP contribution in [0.5, 0.6) is 0 Å². The van der Waals surface area contributed by atoms with Crippen LogP contribution in [-0.4, -0.2) is 52.7 Å². The van der Waals surface area contributed by atoms with Gasteiger partial charge in [-0.3, -0.25) is 14.5 Å². The summed E-state index contributed by atoms with van der Waals surface area (Å²) in [6.07, 6.45) is -0.836. The summed E-state index contributed by atoms with van der Waals surface area (Å²) in [5, 5.41) is 11.1. The summed E-state index contributed by atoms with van der Waals surface area (Å²) in [6, 6.07) is -0.904. The van der Waals surface area contributed by atoms with Crippen molar-refractivity contribution in [3.8, 4) is 0 Å². The quantitative estimate of drug-likeness (QED) is 0.673. The summed E-state index contributed by atoms with van der Waals surface area (Å²) >= 11 is 0. The van der Waals surface area contributed by atoms with E-state index in [0.717, 1.165) is 4.90 Å². The average molecular weight is 258 g/mol. The number of aliphatic hydroxyl groups excluding tert-OH is 1. The van der Waals surface area contributed by atoms with E-state index < -0.39 is 29.6 Å². The lowest BCUT2D eigenvalue weighted by atomic mass is 10.2. The third-order valence-electron chi connectivity index (χ3n) is 2.26. The number of alkyl carbamates (subject to hydrolysis) is 1. The summed E-state index contributed by atoms with van der Waals surface area (Å²) in [6.45, 7) is 4.76. The maximum Gasteiger partial charge on any atom is 0.408 e. The molecule has 1 aliphatic rings. The van der Waals surface area contributed by atoms with Crippen molar-refractivity contribution in [3.63, 3.8) is 0 Å². The van der Waals surface area contributed by atoms with Gasteiger partial charge in [-0.1, -0.05) is 0 Å². The summed E-state index contributed by atoms with van der Waals surface area (Å²) in [5.74, 6) is -0.921. The van der Waals surface area contributed by atoms with E-state index in [1.54, 1.807) is 20.8 Å². The fourth-order valence-corrected chi connectivity index (χ4v) is 1.58. The number of carbonyl (C=O) groups excluding carboxylic acids is 3. The number of ether oxygens (including phenoxy) is 1. The molecule has 0 aromatic carbocycles. The van der Waals surface area contributed by atoms with Crippen LogP contribution >= 0.6 is 0 Å². The molecule has 1 fully saturated rings. The molecule has 1 heterocycles. The number of β-amino-alcohol motifs (C(OH)–C–C–N with tert-alkyl or cyclic N) is 1. The number of amides is 3. The summed E-state index contributed by atoms with van der Waals surface area (Å²) in [4.78, 5) is 35.6. The highest BCUT2D eigenvalue weighted by Gasteiger charge is 2.39. The van der Waals surface area contributed by atoms with E-state index in [1.165, 1.54) is 0 Å². The normalized spacial score (nSPS) is 20.2.